The van der Waals surface area contributed by atoms with Crippen LogP contribution in [0.4, 0.5) is 0 Å². The molecule has 0 spiro atoms. The highest BCUT2D eigenvalue weighted by Crippen LogP contribution is 2.23. The zero-order valence-corrected chi connectivity index (χ0v) is 12.5. The van der Waals surface area contributed by atoms with E-state index < -0.39 is 0 Å². The number of H-pyrrole nitrogens is 1. The van der Waals surface area contributed by atoms with Gasteiger partial charge in [-0.25, -0.2) is 0 Å². The molecule has 2 aromatic heterocycles. The largest absolute Gasteiger partial charge is 0.335 e. The first-order valence-corrected chi connectivity index (χ1v) is 7.67. The minimum absolute atomic E-state index is 0.0290. The summed E-state index contributed by atoms with van der Waals surface area (Å²) < 4.78 is 0.827. The van der Waals surface area contributed by atoms with E-state index in [-0.39, 0.29) is 5.91 Å². The molecule has 1 N–H and O–H groups in total. The van der Waals surface area contributed by atoms with Gasteiger partial charge in [0.05, 0.1) is 4.34 Å². The Labute approximate surface area is 126 Å². The monoisotopic (exact) mass is 310 g/mol. The van der Waals surface area contributed by atoms with Crippen molar-refractivity contribution in [2.45, 2.75) is 6.54 Å². The average Bonchev–Trinajstić information content (AvgIpc) is 3.11. The summed E-state index contributed by atoms with van der Waals surface area (Å²) in [6, 6.07) is 5.71. The Balaban J connectivity index is 1.53. The standard InChI is InChI=1S/C13H15ClN4OS/c14-12-2-1-10(20-12)9-17-5-7-18(8-6-17)13(19)11-3-4-15-16-11/h1-4H,5-9H2,(H,15,16). The lowest BCUT2D eigenvalue weighted by Crippen LogP contribution is -2.48. The van der Waals surface area contributed by atoms with Crippen molar-refractivity contribution in [3.8, 4) is 0 Å². The van der Waals surface area contributed by atoms with Crippen molar-refractivity contribution in [3.63, 3.8) is 0 Å². The van der Waals surface area contributed by atoms with Gasteiger partial charge in [-0.2, -0.15) is 5.10 Å². The van der Waals surface area contributed by atoms with Crippen LogP contribution in [-0.2, 0) is 6.54 Å². The minimum Gasteiger partial charge on any atom is -0.335 e. The van der Waals surface area contributed by atoms with E-state index in [2.05, 4.69) is 21.2 Å². The molecule has 106 valence electrons. The van der Waals surface area contributed by atoms with Crippen LogP contribution in [0.2, 0.25) is 4.34 Å². The molecule has 0 radical (unpaired) electrons. The van der Waals surface area contributed by atoms with Crippen molar-refractivity contribution in [2.24, 2.45) is 0 Å². The maximum Gasteiger partial charge on any atom is 0.271 e. The average molecular weight is 311 g/mol. The van der Waals surface area contributed by atoms with Crippen molar-refractivity contribution in [3.05, 3.63) is 39.3 Å². The van der Waals surface area contributed by atoms with Crippen LogP contribution in [0.5, 0.6) is 0 Å². The Morgan fingerprint density at radius 1 is 1.30 bits per heavy atom. The summed E-state index contributed by atoms with van der Waals surface area (Å²) in [4.78, 5) is 17.6. The van der Waals surface area contributed by atoms with Gasteiger partial charge in [0.1, 0.15) is 5.69 Å². The molecule has 7 heteroatoms. The number of nitrogens with zero attached hydrogens (tertiary/aromatic N) is 3. The lowest BCUT2D eigenvalue weighted by molar-refractivity contribution is 0.0624. The van der Waals surface area contributed by atoms with Gasteiger partial charge < -0.3 is 4.90 Å². The fraction of sp³-hybridized carbons (Fsp3) is 0.385. The van der Waals surface area contributed by atoms with Crippen molar-refractivity contribution in [2.75, 3.05) is 26.2 Å². The first-order valence-electron chi connectivity index (χ1n) is 6.47. The summed E-state index contributed by atoms with van der Waals surface area (Å²) in [5.74, 6) is 0.0290. The second-order valence-corrected chi connectivity index (χ2v) is 6.54. The number of amides is 1. The lowest BCUT2D eigenvalue weighted by atomic mass is 10.2. The smallest absolute Gasteiger partial charge is 0.271 e. The maximum absolute atomic E-state index is 12.1. The molecular weight excluding hydrogens is 296 g/mol. The number of nitrogens with one attached hydrogen (secondary N) is 1. The van der Waals surface area contributed by atoms with Crippen LogP contribution in [0.3, 0.4) is 0 Å². The number of aromatic nitrogens is 2. The second kappa shape index (κ2) is 5.95. The predicted octanol–water partition coefficient (Wildman–Crippen LogP) is 2.08. The number of rotatable bonds is 3. The van der Waals surface area contributed by atoms with Crippen LogP contribution in [0.15, 0.2) is 24.4 Å². The summed E-state index contributed by atoms with van der Waals surface area (Å²) in [5, 5.41) is 6.54. The summed E-state index contributed by atoms with van der Waals surface area (Å²) in [6.45, 7) is 4.17. The first-order chi connectivity index (χ1) is 9.72. The summed E-state index contributed by atoms with van der Waals surface area (Å²) in [7, 11) is 0. The predicted molar refractivity (Wildman–Crippen MR) is 79.1 cm³/mol. The van der Waals surface area contributed by atoms with Gasteiger partial charge in [-0.1, -0.05) is 11.6 Å². The number of thiophene rings is 1. The van der Waals surface area contributed by atoms with Crippen LogP contribution in [0.1, 0.15) is 15.4 Å². The zero-order valence-electron chi connectivity index (χ0n) is 10.9. The Morgan fingerprint density at radius 3 is 2.70 bits per heavy atom. The molecular formula is C13H15ClN4OS. The molecule has 0 saturated carbocycles. The van der Waals surface area contributed by atoms with E-state index in [4.69, 9.17) is 11.6 Å². The number of hydrogen-bond acceptors (Lipinski definition) is 4. The Hall–Kier alpha value is -1.37. The van der Waals surface area contributed by atoms with E-state index in [1.54, 1.807) is 23.6 Å². The topological polar surface area (TPSA) is 52.2 Å². The van der Waals surface area contributed by atoms with Crippen molar-refractivity contribution in [1.82, 2.24) is 20.0 Å². The van der Waals surface area contributed by atoms with E-state index in [0.29, 0.717) is 5.69 Å². The fourth-order valence-corrected chi connectivity index (χ4v) is 3.44. The van der Waals surface area contributed by atoms with E-state index in [9.17, 15) is 4.79 Å². The second-order valence-electron chi connectivity index (χ2n) is 4.74. The van der Waals surface area contributed by atoms with Crippen LogP contribution in [0, 0.1) is 0 Å². The SMILES string of the molecule is O=C(c1ccn[nH]1)N1CCN(Cc2ccc(Cl)s2)CC1. The molecule has 3 heterocycles. The molecule has 1 saturated heterocycles. The van der Waals surface area contributed by atoms with E-state index in [1.807, 2.05) is 11.0 Å². The number of hydrogen-bond donors (Lipinski definition) is 1. The Morgan fingerprint density at radius 2 is 2.10 bits per heavy atom. The molecule has 1 aliphatic rings. The van der Waals surface area contributed by atoms with Gasteiger partial charge in [0, 0.05) is 43.8 Å². The van der Waals surface area contributed by atoms with Crippen LogP contribution in [-0.4, -0.2) is 52.1 Å². The number of carbonyl (C=O) groups excluding carboxylic acids is 1. The van der Waals surface area contributed by atoms with Gasteiger partial charge in [-0.3, -0.25) is 14.8 Å². The number of halogens is 1. The summed E-state index contributed by atoms with van der Waals surface area (Å²) in [5.41, 5.74) is 0.559. The van der Waals surface area contributed by atoms with Crippen molar-refractivity contribution >= 4 is 28.8 Å². The Kier molecular flexibility index (Phi) is 4.05. The van der Waals surface area contributed by atoms with E-state index in [1.165, 1.54) is 4.88 Å². The minimum atomic E-state index is 0.0290. The van der Waals surface area contributed by atoms with Gasteiger partial charge in [-0.15, -0.1) is 11.3 Å². The highest BCUT2D eigenvalue weighted by molar-refractivity contribution is 7.16. The molecule has 0 atom stereocenters. The van der Waals surface area contributed by atoms with Gasteiger partial charge in [0.25, 0.3) is 5.91 Å². The molecule has 0 aromatic carbocycles. The third-order valence-electron chi connectivity index (χ3n) is 3.40. The maximum atomic E-state index is 12.1. The molecule has 0 aliphatic carbocycles. The highest BCUT2D eigenvalue weighted by Gasteiger charge is 2.22. The molecule has 2 aromatic rings. The normalized spacial score (nSPS) is 16.6. The molecule has 20 heavy (non-hydrogen) atoms. The quantitative estimate of drug-likeness (QED) is 0.944. The summed E-state index contributed by atoms with van der Waals surface area (Å²) >= 11 is 7.55. The molecule has 1 fully saturated rings. The van der Waals surface area contributed by atoms with Crippen LogP contribution in [0.25, 0.3) is 0 Å². The Bertz CT molecular complexity index is 575. The van der Waals surface area contributed by atoms with Gasteiger partial charge in [0.15, 0.2) is 0 Å². The van der Waals surface area contributed by atoms with Gasteiger partial charge in [0.2, 0.25) is 0 Å². The van der Waals surface area contributed by atoms with Crippen molar-refractivity contribution in [1.29, 1.82) is 0 Å². The molecule has 0 bridgehead atoms. The number of piperazine rings is 1. The zero-order chi connectivity index (χ0) is 13.9. The van der Waals surface area contributed by atoms with Gasteiger partial charge >= 0.3 is 0 Å². The fourth-order valence-electron chi connectivity index (χ4n) is 2.31. The van der Waals surface area contributed by atoms with Crippen molar-refractivity contribution < 1.29 is 4.79 Å². The van der Waals surface area contributed by atoms with Crippen LogP contribution >= 0.6 is 22.9 Å². The number of carbonyl (C=O) groups is 1. The van der Waals surface area contributed by atoms with Crippen LogP contribution < -0.4 is 0 Å². The molecule has 3 rings (SSSR count). The van der Waals surface area contributed by atoms with E-state index in [0.717, 1.165) is 37.1 Å². The summed E-state index contributed by atoms with van der Waals surface area (Å²) in [6.07, 6.45) is 1.60. The lowest BCUT2D eigenvalue weighted by Gasteiger charge is -2.34. The van der Waals surface area contributed by atoms with Gasteiger partial charge in [-0.05, 0) is 18.2 Å². The molecule has 1 aliphatic heterocycles. The first kappa shape index (κ1) is 13.6. The molecule has 5 nitrogen and oxygen atoms in total. The molecule has 0 unspecified atom stereocenters. The highest BCUT2D eigenvalue weighted by atomic mass is 35.5. The molecule has 1 amide bonds. The number of aromatic amines is 1. The third kappa shape index (κ3) is 3.03. The third-order valence-corrected chi connectivity index (χ3v) is 4.61. The van der Waals surface area contributed by atoms with E-state index >= 15 is 0 Å².